The van der Waals surface area contributed by atoms with Crippen LogP contribution in [0.3, 0.4) is 0 Å². The number of aliphatic carboxylic acids is 2. The topological polar surface area (TPSA) is 481 Å². The first-order valence-electron chi connectivity index (χ1n) is 40.0. The van der Waals surface area contributed by atoms with Crippen molar-refractivity contribution in [3.63, 3.8) is 0 Å². The zero-order valence-corrected chi connectivity index (χ0v) is 68.4. The van der Waals surface area contributed by atoms with Gasteiger partial charge in [-0.3, -0.25) is 60.0 Å². The molecular weight excluding hydrogens is 1600 g/mol. The summed E-state index contributed by atoms with van der Waals surface area (Å²) < 4.78 is 25.0. The Morgan fingerprint density at radius 1 is 0.403 bits per heavy atom. The van der Waals surface area contributed by atoms with Crippen LogP contribution < -0.4 is 16.0 Å². The number of rotatable bonds is 26. The number of fused-ring (bicyclic) bond motifs is 3. The van der Waals surface area contributed by atoms with Gasteiger partial charge in [-0.1, -0.05) is 24.1 Å². The number of anilines is 3. The van der Waals surface area contributed by atoms with Crippen molar-refractivity contribution in [1.29, 1.82) is 0 Å². The summed E-state index contributed by atoms with van der Waals surface area (Å²) in [6, 6.07) is 28.9. The summed E-state index contributed by atoms with van der Waals surface area (Å²) in [5, 5.41) is 25.3. The van der Waals surface area contributed by atoms with Gasteiger partial charge in [-0.2, -0.15) is 0 Å². The number of amides is 6. The van der Waals surface area contributed by atoms with Crippen LogP contribution in [0, 0.1) is 11.8 Å². The number of carbonyl (C=O) groups is 8. The van der Waals surface area contributed by atoms with Gasteiger partial charge in [-0.15, -0.1) is 5.92 Å². The molecule has 124 heavy (non-hydrogen) atoms. The number of hydrogen-bond donors (Lipinski definition) is 8. The first-order chi connectivity index (χ1) is 60.3. The molecule has 0 spiro atoms. The number of nitrogens with one attached hydrogen (secondary N) is 6. The third-order valence-corrected chi connectivity index (χ3v) is 19.8. The zero-order valence-electron chi connectivity index (χ0n) is 68.4. The quantitative estimate of drug-likeness (QED) is 0.0185. The van der Waals surface area contributed by atoms with E-state index in [-0.39, 0.29) is 81.6 Å². The van der Waals surface area contributed by atoms with Crippen molar-refractivity contribution >= 4 is 99.1 Å². The molecule has 8 N–H and O–H groups in total. The Bertz CT molecular complexity index is 5780. The third-order valence-electron chi connectivity index (χ3n) is 19.8. The summed E-state index contributed by atoms with van der Waals surface area (Å²) >= 11 is 0. The lowest BCUT2D eigenvalue weighted by molar-refractivity contribution is -0.146. The van der Waals surface area contributed by atoms with Crippen molar-refractivity contribution in [2.24, 2.45) is 0 Å². The van der Waals surface area contributed by atoms with Gasteiger partial charge in [0.1, 0.15) is 29.8 Å². The number of benzene rings is 3. The number of imidazole rings is 3. The zero-order chi connectivity index (χ0) is 86.9. The average molecular weight is 1690 g/mol. The molecule has 640 valence electrons. The third kappa shape index (κ3) is 23.6. The van der Waals surface area contributed by atoms with Gasteiger partial charge in [0.15, 0.2) is 24.1 Å². The molecule has 12 aromatic rings. The van der Waals surface area contributed by atoms with E-state index in [0.717, 1.165) is 63.6 Å². The molecule has 0 aliphatic carbocycles. The molecule has 39 nitrogen and oxygen atoms in total. The van der Waals surface area contributed by atoms with E-state index >= 15 is 0 Å². The lowest BCUT2D eigenvalue weighted by Crippen LogP contribution is -2.49. The Morgan fingerprint density at radius 3 is 1.06 bits per heavy atom. The van der Waals surface area contributed by atoms with Gasteiger partial charge < -0.3 is 63.5 Å². The molecule has 0 unspecified atom stereocenters. The second-order valence-electron chi connectivity index (χ2n) is 28.2. The molecule has 3 fully saturated rings. The number of piperazine rings is 3. The highest BCUT2D eigenvalue weighted by atomic mass is 16.6. The van der Waals surface area contributed by atoms with Crippen LogP contribution >= 0.6 is 0 Å². The highest BCUT2D eigenvalue weighted by Gasteiger charge is 2.28. The summed E-state index contributed by atoms with van der Waals surface area (Å²) in [6.45, 7) is 16.6. The van der Waals surface area contributed by atoms with E-state index < -0.39 is 36.8 Å². The highest BCUT2D eigenvalue weighted by molar-refractivity contribution is 6.00. The van der Waals surface area contributed by atoms with Gasteiger partial charge in [-0.05, 0) is 117 Å². The van der Waals surface area contributed by atoms with Crippen LogP contribution in [0.5, 0.6) is 0 Å². The Morgan fingerprint density at radius 2 is 0.750 bits per heavy atom. The van der Waals surface area contributed by atoms with Crippen molar-refractivity contribution in [2.75, 3.05) is 134 Å². The minimum absolute atomic E-state index is 0.0318. The maximum Gasteiger partial charge on any atom is 0.413 e. The Kier molecular flexibility index (Phi) is 29.7. The van der Waals surface area contributed by atoms with Gasteiger partial charge in [0.2, 0.25) is 29.7 Å². The number of H-pyrrole nitrogens is 3. The number of aromatic amines is 3. The van der Waals surface area contributed by atoms with E-state index in [0.29, 0.717) is 152 Å². The normalized spacial score (nSPS) is 13.6. The SMILES string of the molecule is CC#CCOC(=O)N1CCN(Cc2ccc(-c3cc(-c4ncccn4)c4nc(NC(=O)OCC)[nH]c4c3)cn2)CC1.CCOC(=O)Nc1nc2c(-c3ncccn3)cc(-c3ccc(CN4CCN(C(=O)CCC(=O)O)CC4)nc3)cc2[nH]1.CCOC(=O)Nc1nc2c(-c3ncccn3)cc(-c3ccc(CN4CCN(C(=O)COCC(=O)O)CC4)nc3)cc2[nH]1. The lowest BCUT2D eigenvalue weighted by Gasteiger charge is -2.34. The number of pyridine rings is 3. The van der Waals surface area contributed by atoms with Crippen LogP contribution in [-0.4, -0.2) is 281 Å². The van der Waals surface area contributed by atoms with Crippen LogP contribution in [0.2, 0.25) is 0 Å². The molecule has 3 saturated heterocycles. The molecule has 6 amide bonds. The summed E-state index contributed by atoms with van der Waals surface area (Å²) in [5.41, 5.74) is 14.1. The number of carboxylic acid groups (broad SMARTS) is 2. The lowest BCUT2D eigenvalue weighted by atomic mass is 10.0. The van der Waals surface area contributed by atoms with E-state index in [4.69, 9.17) is 38.9 Å². The predicted octanol–water partition coefficient (Wildman–Crippen LogP) is 9.48. The van der Waals surface area contributed by atoms with Crippen molar-refractivity contribution in [2.45, 2.75) is 60.2 Å². The summed E-state index contributed by atoms with van der Waals surface area (Å²) in [4.78, 5) is 169. The fourth-order valence-electron chi connectivity index (χ4n) is 13.8. The molecule has 39 heteroatoms. The fourth-order valence-corrected chi connectivity index (χ4v) is 13.8. The van der Waals surface area contributed by atoms with E-state index in [9.17, 15) is 38.4 Å². The predicted molar refractivity (Wildman–Crippen MR) is 454 cm³/mol. The Hall–Kier alpha value is -14.9. The second-order valence-corrected chi connectivity index (χ2v) is 28.2. The van der Waals surface area contributed by atoms with E-state index in [2.05, 4.69) is 112 Å². The van der Waals surface area contributed by atoms with Crippen LogP contribution in [-0.2, 0) is 62.5 Å². The molecule has 12 heterocycles. The van der Waals surface area contributed by atoms with Gasteiger partial charge in [0.25, 0.3) is 0 Å². The first kappa shape index (κ1) is 87.0. The Balaban J connectivity index is 0.000000160. The number of carboxylic acids is 2. The molecule has 9 aromatic heterocycles. The van der Waals surface area contributed by atoms with Crippen molar-refractivity contribution in [1.82, 2.24) is 104 Å². The monoisotopic (exact) mass is 1690 g/mol. The van der Waals surface area contributed by atoms with Crippen molar-refractivity contribution in [3.8, 4) is 79.4 Å². The van der Waals surface area contributed by atoms with Crippen LogP contribution in [0.1, 0.15) is 57.6 Å². The number of carbonyl (C=O) groups excluding carboxylic acids is 6. The van der Waals surface area contributed by atoms with Crippen LogP contribution in [0.25, 0.3) is 101 Å². The van der Waals surface area contributed by atoms with E-state index in [1.807, 2.05) is 85.2 Å². The van der Waals surface area contributed by atoms with Crippen LogP contribution in [0.4, 0.5) is 37.0 Å². The first-order valence-corrected chi connectivity index (χ1v) is 40.0. The standard InChI is InChI=1S/C29H30N8O4.C28H30N8O6.C28H30N8O5/c1-3-5-15-41-29(39)37-13-11-36(12-14-37)19-22-8-7-20(18-32-22)21-16-23(26-30-9-6-10-31-26)25-24(17-21)33-27(34-25)35-28(38)40-4-2;1-2-42-28(40)34-27-32-22-13-19(12-21(25(22)33-27)26-29-6-3-7-30-26)18-4-5-20(31-14-18)15-35-8-10-36(11-9-35)23(37)16-41-17-24(38)39;1-2-41-28(40)34-27-32-22-15-19(14-21(25(22)33-27)26-29-8-3-9-30-26)18-4-5-20(31-16-18)17-35-10-12-36(13-11-35)23(37)6-7-24(38)39/h6-10,16-18H,4,11-15,19H2,1-2H3,(H2,33,34,35,38);3-7,12-14H,2,8-11,15-17H2,1H3,(H,38,39)(H2,32,33,34,40);3-5,8-9,14-16H,2,6-7,10-13,17H2,1H3,(H,38,39)(H2,32,33,34,40). The van der Waals surface area contributed by atoms with Crippen molar-refractivity contribution in [3.05, 3.63) is 164 Å². The summed E-state index contributed by atoms with van der Waals surface area (Å²) in [7, 11) is 0. The molecule has 0 bridgehead atoms. The molecule has 0 radical (unpaired) electrons. The summed E-state index contributed by atoms with van der Waals surface area (Å²) in [5.74, 6) is 5.34. The van der Waals surface area contributed by atoms with Crippen LogP contribution in [0.15, 0.2) is 147 Å². The summed E-state index contributed by atoms with van der Waals surface area (Å²) in [6.07, 6.45) is 13.2. The minimum atomic E-state index is -1.10. The second kappa shape index (κ2) is 42.4. The molecular formula is C85H90N24O15. The smallest absolute Gasteiger partial charge is 0.413 e. The minimum Gasteiger partial charge on any atom is -0.481 e. The van der Waals surface area contributed by atoms with Gasteiger partial charge in [-0.25, -0.2) is 68.8 Å². The highest BCUT2D eigenvalue weighted by Crippen LogP contribution is 2.36. The van der Waals surface area contributed by atoms with E-state index in [1.165, 1.54) is 0 Å². The van der Waals surface area contributed by atoms with Gasteiger partial charge >= 0.3 is 36.3 Å². The molecule has 0 saturated carbocycles. The number of aromatic nitrogens is 15. The van der Waals surface area contributed by atoms with E-state index in [1.54, 1.807) is 104 Å². The number of hydrogen-bond acceptors (Lipinski definition) is 28. The molecule has 3 aliphatic rings. The maximum absolute atomic E-state index is 12.2. The maximum atomic E-state index is 12.2. The molecule has 0 atom stereocenters. The fraction of sp³-hybridized carbons (Fsp3) is 0.318. The van der Waals surface area contributed by atoms with Gasteiger partial charge in [0.05, 0.1) is 59.9 Å². The largest absolute Gasteiger partial charge is 0.481 e. The number of ether oxygens (including phenoxy) is 5. The Labute approximate surface area is 709 Å². The number of nitrogens with zero attached hydrogens (tertiary/aromatic N) is 18. The average Bonchev–Trinajstić information content (AvgIpc) is 1.55. The molecule has 15 rings (SSSR count). The van der Waals surface area contributed by atoms with Gasteiger partial charge in [0, 0.05) is 194 Å². The van der Waals surface area contributed by atoms with Crippen molar-refractivity contribution < 1.29 is 72.3 Å². The molecule has 3 aromatic carbocycles. The molecule has 3 aliphatic heterocycles.